The zero-order valence-electron chi connectivity index (χ0n) is 16.7. The number of aromatic nitrogens is 3. The maximum Gasteiger partial charge on any atom is 0.293 e. The van der Waals surface area contributed by atoms with E-state index in [0.717, 1.165) is 22.3 Å². The quantitative estimate of drug-likeness (QED) is 0.464. The van der Waals surface area contributed by atoms with Crippen LogP contribution in [0.25, 0.3) is 6.08 Å². The Balaban J connectivity index is 1.46. The first kappa shape index (κ1) is 21.8. The molecule has 2 amide bonds. The predicted molar refractivity (Wildman–Crippen MR) is 123 cm³/mol. The van der Waals surface area contributed by atoms with E-state index in [1.807, 2.05) is 0 Å². The Bertz CT molecular complexity index is 1200. The summed E-state index contributed by atoms with van der Waals surface area (Å²) in [5, 5.41) is 13.0. The summed E-state index contributed by atoms with van der Waals surface area (Å²) in [6.45, 7) is 0.121. The maximum absolute atomic E-state index is 12.1. The van der Waals surface area contributed by atoms with Gasteiger partial charge in [-0.15, -0.1) is 0 Å². The van der Waals surface area contributed by atoms with Crippen molar-refractivity contribution in [3.8, 4) is 11.5 Å². The Morgan fingerprint density at radius 2 is 1.94 bits per heavy atom. The van der Waals surface area contributed by atoms with Crippen LogP contribution in [0.5, 0.6) is 11.5 Å². The van der Waals surface area contributed by atoms with E-state index in [-0.39, 0.29) is 29.3 Å². The molecule has 1 saturated heterocycles. The molecule has 32 heavy (non-hydrogen) atoms. The molecule has 0 radical (unpaired) electrons. The second kappa shape index (κ2) is 9.37. The summed E-state index contributed by atoms with van der Waals surface area (Å²) in [6.07, 6.45) is 8.14. The molecule has 11 heteroatoms. The second-order valence-electron chi connectivity index (χ2n) is 6.65. The standard InChI is InChI=1S/C21H16BrN5O4S/c1-27-19(29)18(32-21(27)30)7-13-6-17(16(28)8-15(13)22)31-11-12-9-24-20(25-10-12)26-14-2-4-23-5-3-14/h2-10,28H,11H2,1H3,(H,23,24,25,26)/b18-7-. The Morgan fingerprint density at radius 3 is 2.59 bits per heavy atom. The van der Waals surface area contributed by atoms with Crippen molar-refractivity contribution in [1.82, 2.24) is 19.9 Å². The predicted octanol–water partition coefficient (Wildman–Crippen LogP) is 4.33. The zero-order valence-corrected chi connectivity index (χ0v) is 19.1. The maximum atomic E-state index is 12.1. The number of pyridine rings is 1. The average molecular weight is 514 g/mol. The molecule has 0 bridgehead atoms. The Kier molecular flexibility index (Phi) is 6.37. The van der Waals surface area contributed by atoms with Gasteiger partial charge in [-0.1, -0.05) is 15.9 Å². The molecular formula is C21H16BrN5O4S. The van der Waals surface area contributed by atoms with Crippen LogP contribution in [0, 0.1) is 0 Å². The Morgan fingerprint density at radius 1 is 1.22 bits per heavy atom. The molecule has 4 rings (SSSR count). The molecule has 9 nitrogen and oxygen atoms in total. The van der Waals surface area contributed by atoms with Gasteiger partial charge in [-0.3, -0.25) is 19.5 Å². The first-order valence-electron chi connectivity index (χ1n) is 9.25. The lowest BCUT2D eigenvalue weighted by molar-refractivity contribution is -0.121. The molecule has 0 atom stereocenters. The van der Waals surface area contributed by atoms with Crippen molar-refractivity contribution >= 4 is 56.5 Å². The van der Waals surface area contributed by atoms with Gasteiger partial charge in [0, 0.05) is 47.6 Å². The van der Waals surface area contributed by atoms with Crippen LogP contribution >= 0.6 is 27.7 Å². The number of hydrogen-bond acceptors (Lipinski definition) is 9. The van der Waals surface area contributed by atoms with Gasteiger partial charge in [0.1, 0.15) is 6.61 Å². The molecule has 3 heterocycles. The number of benzene rings is 1. The van der Waals surface area contributed by atoms with Crippen molar-refractivity contribution in [2.24, 2.45) is 0 Å². The number of nitrogens with zero attached hydrogens (tertiary/aromatic N) is 4. The van der Waals surface area contributed by atoms with Crippen molar-refractivity contribution in [2.45, 2.75) is 6.61 Å². The van der Waals surface area contributed by atoms with E-state index in [9.17, 15) is 14.7 Å². The van der Waals surface area contributed by atoms with E-state index in [1.54, 1.807) is 49.1 Å². The first-order valence-corrected chi connectivity index (χ1v) is 10.9. The lowest BCUT2D eigenvalue weighted by Crippen LogP contribution is -2.22. The third-order valence-corrected chi connectivity index (χ3v) is 6.04. The van der Waals surface area contributed by atoms with Crippen LogP contribution in [0.2, 0.25) is 0 Å². The van der Waals surface area contributed by atoms with Crippen LogP contribution in [0.4, 0.5) is 16.4 Å². The van der Waals surface area contributed by atoms with Gasteiger partial charge in [0.25, 0.3) is 11.1 Å². The lowest BCUT2D eigenvalue weighted by atomic mass is 10.2. The smallest absolute Gasteiger partial charge is 0.293 e. The summed E-state index contributed by atoms with van der Waals surface area (Å²) < 4.78 is 6.29. The number of imide groups is 1. The molecule has 0 unspecified atom stereocenters. The minimum Gasteiger partial charge on any atom is -0.504 e. The van der Waals surface area contributed by atoms with Gasteiger partial charge in [0.05, 0.1) is 4.91 Å². The van der Waals surface area contributed by atoms with Gasteiger partial charge in [-0.25, -0.2) is 9.97 Å². The van der Waals surface area contributed by atoms with E-state index in [4.69, 9.17) is 4.74 Å². The zero-order chi connectivity index (χ0) is 22.7. The van der Waals surface area contributed by atoms with E-state index < -0.39 is 0 Å². The minimum absolute atomic E-state index is 0.0745. The number of aromatic hydroxyl groups is 1. The molecule has 162 valence electrons. The van der Waals surface area contributed by atoms with Crippen molar-refractivity contribution < 1.29 is 19.4 Å². The highest BCUT2D eigenvalue weighted by Gasteiger charge is 2.32. The molecule has 1 fully saturated rings. The van der Waals surface area contributed by atoms with Crippen LogP contribution in [-0.4, -0.2) is 43.2 Å². The van der Waals surface area contributed by atoms with Crippen LogP contribution in [0.15, 0.2) is 58.4 Å². The number of ether oxygens (including phenoxy) is 1. The average Bonchev–Trinajstić information content (AvgIpc) is 3.03. The first-order chi connectivity index (χ1) is 15.4. The topological polar surface area (TPSA) is 118 Å². The highest BCUT2D eigenvalue weighted by atomic mass is 79.9. The van der Waals surface area contributed by atoms with E-state index >= 15 is 0 Å². The van der Waals surface area contributed by atoms with Gasteiger partial charge in [-0.05, 0) is 47.7 Å². The molecule has 0 saturated carbocycles. The molecular weight excluding hydrogens is 498 g/mol. The lowest BCUT2D eigenvalue weighted by Gasteiger charge is -2.11. The van der Waals surface area contributed by atoms with E-state index in [0.29, 0.717) is 26.5 Å². The number of thioether (sulfide) groups is 1. The number of halogens is 1. The summed E-state index contributed by atoms with van der Waals surface area (Å²) in [4.78, 5) is 37.6. The van der Waals surface area contributed by atoms with Crippen LogP contribution in [0.1, 0.15) is 11.1 Å². The fraction of sp³-hybridized carbons (Fsp3) is 0.0952. The molecule has 1 aliphatic heterocycles. The monoisotopic (exact) mass is 513 g/mol. The van der Waals surface area contributed by atoms with Gasteiger partial charge < -0.3 is 15.2 Å². The highest BCUT2D eigenvalue weighted by molar-refractivity contribution is 9.10. The summed E-state index contributed by atoms with van der Waals surface area (Å²) in [5.41, 5.74) is 2.10. The van der Waals surface area contributed by atoms with Gasteiger partial charge in [0.15, 0.2) is 11.5 Å². The third-order valence-electron chi connectivity index (χ3n) is 4.39. The molecule has 3 aromatic rings. The third kappa shape index (κ3) is 4.89. The SMILES string of the molecule is CN1C(=O)S/C(=C\c2cc(OCc3cnc(Nc4ccncc4)nc3)c(O)cc2Br)C1=O. The summed E-state index contributed by atoms with van der Waals surface area (Å²) in [6, 6.07) is 6.66. The summed E-state index contributed by atoms with van der Waals surface area (Å²) in [5.74, 6) is 0.197. The minimum atomic E-state index is -0.375. The Hall–Kier alpha value is -3.44. The number of phenols is 1. The number of anilines is 2. The highest BCUT2D eigenvalue weighted by Crippen LogP contribution is 2.37. The number of phenolic OH excluding ortho intramolecular Hbond substituents is 1. The largest absolute Gasteiger partial charge is 0.504 e. The fourth-order valence-electron chi connectivity index (χ4n) is 2.69. The summed E-state index contributed by atoms with van der Waals surface area (Å²) in [7, 11) is 1.43. The molecule has 0 spiro atoms. The van der Waals surface area contributed by atoms with Crippen LogP contribution in [-0.2, 0) is 11.4 Å². The number of rotatable bonds is 6. The van der Waals surface area contributed by atoms with Gasteiger partial charge in [-0.2, -0.15) is 0 Å². The molecule has 2 N–H and O–H groups in total. The number of hydrogen-bond donors (Lipinski definition) is 2. The van der Waals surface area contributed by atoms with Gasteiger partial charge in [0.2, 0.25) is 5.95 Å². The number of carbonyl (C=O) groups excluding carboxylic acids is 2. The fourth-order valence-corrected chi connectivity index (χ4v) is 3.95. The van der Waals surface area contributed by atoms with E-state index in [2.05, 4.69) is 36.2 Å². The molecule has 0 aliphatic carbocycles. The second-order valence-corrected chi connectivity index (χ2v) is 8.49. The number of amides is 2. The summed E-state index contributed by atoms with van der Waals surface area (Å²) >= 11 is 4.22. The normalized spacial score (nSPS) is 14.8. The van der Waals surface area contributed by atoms with Crippen LogP contribution < -0.4 is 10.1 Å². The molecule has 1 aliphatic rings. The van der Waals surface area contributed by atoms with Crippen molar-refractivity contribution in [2.75, 3.05) is 12.4 Å². The van der Waals surface area contributed by atoms with Crippen LogP contribution in [0.3, 0.4) is 0 Å². The number of nitrogens with one attached hydrogen (secondary N) is 1. The Labute approximate surface area is 195 Å². The molecule has 1 aromatic carbocycles. The van der Waals surface area contributed by atoms with E-state index in [1.165, 1.54) is 13.1 Å². The van der Waals surface area contributed by atoms with Gasteiger partial charge >= 0.3 is 0 Å². The van der Waals surface area contributed by atoms with Crippen molar-refractivity contribution in [3.63, 3.8) is 0 Å². The number of carbonyl (C=O) groups is 2. The molecule has 2 aromatic heterocycles. The number of likely N-dealkylation sites (N-methyl/N-ethyl adjacent to an activating group) is 1. The van der Waals surface area contributed by atoms with Crippen molar-refractivity contribution in [3.05, 3.63) is 69.6 Å². The van der Waals surface area contributed by atoms with Crippen molar-refractivity contribution in [1.29, 1.82) is 0 Å².